The van der Waals surface area contributed by atoms with Gasteiger partial charge in [-0.15, -0.1) is 0 Å². The number of rotatable bonds is 1. The number of hydrogen-bond donors (Lipinski definition) is 1. The molecule has 0 unspecified atom stereocenters. The molecule has 0 aliphatic carbocycles. The fourth-order valence-corrected chi connectivity index (χ4v) is 2.62. The summed E-state index contributed by atoms with van der Waals surface area (Å²) in [7, 11) is 0. The molecule has 3 aromatic rings. The molecule has 2 heterocycles. The number of aromatic nitrogens is 1. The third-order valence-corrected chi connectivity index (χ3v) is 3.61. The number of pyridine rings is 1. The van der Waals surface area contributed by atoms with E-state index in [1.165, 1.54) is 0 Å². The van der Waals surface area contributed by atoms with Crippen LogP contribution in [-0.4, -0.2) is 16.5 Å². The quantitative estimate of drug-likeness (QED) is 0.686. The number of benzene rings is 2. The Hall–Kier alpha value is -2.75. The zero-order valence-corrected chi connectivity index (χ0v) is 11.7. The number of hydrogen-bond acceptors (Lipinski definition) is 3. The van der Waals surface area contributed by atoms with Gasteiger partial charge in [-0.25, -0.2) is 9.98 Å². The summed E-state index contributed by atoms with van der Waals surface area (Å²) in [5.74, 6) is 0.883. The summed E-state index contributed by atoms with van der Waals surface area (Å²) in [5.41, 5.74) is 6.94. The standard InChI is InChI=1S/C17H14N4/c1-11-10-16(21-20-11)19-17-12-6-2-4-8-14(12)18-15-9-5-3-7-13(15)17/h2-9H,10H2,1H3,(H,18,19,21). The first-order valence-corrected chi connectivity index (χ1v) is 6.95. The van der Waals surface area contributed by atoms with Gasteiger partial charge in [0.1, 0.15) is 5.84 Å². The van der Waals surface area contributed by atoms with Gasteiger partial charge in [-0.1, -0.05) is 36.4 Å². The monoisotopic (exact) mass is 274 g/mol. The maximum Gasteiger partial charge on any atom is 0.128 e. The molecule has 0 atom stereocenters. The molecular formula is C17H14N4. The van der Waals surface area contributed by atoms with E-state index in [1.807, 2.05) is 43.3 Å². The molecule has 0 bridgehead atoms. The van der Waals surface area contributed by atoms with Crippen LogP contribution in [0.25, 0.3) is 21.8 Å². The molecular weight excluding hydrogens is 260 g/mol. The topological polar surface area (TPSA) is 49.6 Å². The van der Waals surface area contributed by atoms with Crippen molar-refractivity contribution in [2.45, 2.75) is 13.3 Å². The maximum atomic E-state index is 4.82. The van der Waals surface area contributed by atoms with E-state index in [-0.39, 0.29) is 0 Å². The zero-order valence-electron chi connectivity index (χ0n) is 11.7. The van der Waals surface area contributed by atoms with Crippen LogP contribution in [0.5, 0.6) is 0 Å². The number of hydrazone groups is 1. The van der Waals surface area contributed by atoms with E-state index in [2.05, 4.69) is 22.7 Å². The Labute approximate surface area is 122 Å². The van der Waals surface area contributed by atoms with Crippen LogP contribution in [0.1, 0.15) is 13.3 Å². The molecule has 1 N–H and O–H groups in total. The fraction of sp³-hybridized carbons (Fsp3) is 0.118. The molecule has 21 heavy (non-hydrogen) atoms. The first-order valence-electron chi connectivity index (χ1n) is 6.95. The summed E-state index contributed by atoms with van der Waals surface area (Å²) in [5, 5.41) is 6.32. The fourth-order valence-electron chi connectivity index (χ4n) is 2.62. The molecule has 102 valence electrons. The van der Waals surface area contributed by atoms with Crippen molar-refractivity contribution in [1.29, 1.82) is 0 Å². The van der Waals surface area contributed by atoms with Crippen molar-refractivity contribution in [3.63, 3.8) is 0 Å². The van der Waals surface area contributed by atoms with Gasteiger partial charge in [0.05, 0.1) is 16.7 Å². The molecule has 0 radical (unpaired) electrons. The largest absolute Gasteiger partial charge is 0.265 e. The van der Waals surface area contributed by atoms with Gasteiger partial charge in [-0.3, -0.25) is 5.43 Å². The van der Waals surface area contributed by atoms with Crippen molar-refractivity contribution >= 4 is 39.0 Å². The van der Waals surface area contributed by atoms with E-state index in [1.54, 1.807) is 0 Å². The molecule has 0 saturated heterocycles. The normalized spacial score (nSPS) is 16.4. The van der Waals surface area contributed by atoms with Gasteiger partial charge in [-0.2, -0.15) is 5.10 Å². The smallest absolute Gasteiger partial charge is 0.128 e. The van der Waals surface area contributed by atoms with Gasteiger partial charge in [0.15, 0.2) is 0 Å². The van der Waals surface area contributed by atoms with Crippen LogP contribution >= 0.6 is 0 Å². The average molecular weight is 274 g/mol. The van der Waals surface area contributed by atoms with Gasteiger partial charge in [0.2, 0.25) is 0 Å². The van der Waals surface area contributed by atoms with Crippen molar-refractivity contribution in [2.24, 2.45) is 10.1 Å². The molecule has 4 rings (SSSR count). The summed E-state index contributed by atoms with van der Waals surface area (Å²) in [6, 6.07) is 16.2. The van der Waals surface area contributed by atoms with E-state index in [9.17, 15) is 0 Å². The third kappa shape index (κ3) is 2.05. The summed E-state index contributed by atoms with van der Waals surface area (Å²) in [6.45, 7) is 2.00. The van der Waals surface area contributed by atoms with Crippen LogP contribution in [0.4, 0.5) is 5.69 Å². The highest BCUT2D eigenvalue weighted by Crippen LogP contribution is 2.33. The van der Waals surface area contributed by atoms with Crippen molar-refractivity contribution in [2.75, 3.05) is 0 Å². The molecule has 0 spiro atoms. The van der Waals surface area contributed by atoms with Crippen molar-refractivity contribution in [3.8, 4) is 0 Å². The number of nitrogens with zero attached hydrogens (tertiary/aromatic N) is 3. The number of para-hydroxylation sites is 2. The minimum atomic E-state index is 0.769. The molecule has 0 fully saturated rings. The molecule has 0 amide bonds. The predicted molar refractivity (Wildman–Crippen MR) is 87.2 cm³/mol. The Bertz CT molecular complexity index is 855. The van der Waals surface area contributed by atoms with E-state index in [0.29, 0.717) is 0 Å². The van der Waals surface area contributed by atoms with E-state index < -0.39 is 0 Å². The second-order valence-corrected chi connectivity index (χ2v) is 5.19. The predicted octanol–water partition coefficient (Wildman–Crippen LogP) is 3.79. The number of fused-ring (bicyclic) bond motifs is 2. The highest BCUT2D eigenvalue weighted by atomic mass is 15.3. The number of amidine groups is 1. The van der Waals surface area contributed by atoms with Crippen LogP contribution in [0.2, 0.25) is 0 Å². The van der Waals surface area contributed by atoms with Crippen LogP contribution < -0.4 is 5.43 Å². The first kappa shape index (κ1) is 12.0. The lowest BCUT2D eigenvalue weighted by molar-refractivity contribution is 1.05. The number of nitrogens with one attached hydrogen (secondary N) is 1. The van der Waals surface area contributed by atoms with Gasteiger partial charge < -0.3 is 0 Å². The molecule has 2 aromatic carbocycles. The van der Waals surface area contributed by atoms with Crippen LogP contribution in [0.3, 0.4) is 0 Å². The SMILES string of the molecule is CC1=NNC(=Nc2c3ccccc3nc3ccccc23)C1. The highest BCUT2D eigenvalue weighted by molar-refractivity contribution is 6.11. The first-order chi connectivity index (χ1) is 10.3. The molecule has 1 aliphatic heterocycles. The Balaban J connectivity index is 2.03. The highest BCUT2D eigenvalue weighted by Gasteiger charge is 2.12. The minimum absolute atomic E-state index is 0.769. The zero-order chi connectivity index (χ0) is 14.2. The third-order valence-electron chi connectivity index (χ3n) is 3.61. The molecule has 1 aromatic heterocycles. The summed E-state index contributed by atoms with van der Waals surface area (Å²) in [6.07, 6.45) is 0.769. The van der Waals surface area contributed by atoms with Crippen LogP contribution in [-0.2, 0) is 0 Å². The van der Waals surface area contributed by atoms with Gasteiger partial charge in [-0.05, 0) is 19.1 Å². The lowest BCUT2D eigenvalue weighted by Crippen LogP contribution is -2.10. The van der Waals surface area contributed by atoms with Crippen LogP contribution in [0.15, 0.2) is 58.6 Å². The van der Waals surface area contributed by atoms with Crippen molar-refractivity contribution in [1.82, 2.24) is 10.4 Å². The second kappa shape index (κ2) is 4.66. The van der Waals surface area contributed by atoms with Crippen molar-refractivity contribution < 1.29 is 0 Å². The van der Waals surface area contributed by atoms with E-state index in [0.717, 1.165) is 45.5 Å². The van der Waals surface area contributed by atoms with Crippen molar-refractivity contribution in [3.05, 3.63) is 48.5 Å². The minimum Gasteiger partial charge on any atom is -0.265 e. The molecule has 4 nitrogen and oxygen atoms in total. The van der Waals surface area contributed by atoms with Crippen LogP contribution in [0, 0.1) is 0 Å². The molecule has 0 saturated carbocycles. The summed E-state index contributed by atoms with van der Waals surface area (Å²) < 4.78 is 0. The van der Waals surface area contributed by atoms with Gasteiger partial charge >= 0.3 is 0 Å². The summed E-state index contributed by atoms with van der Waals surface area (Å²) in [4.78, 5) is 9.53. The lowest BCUT2D eigenvalue weighted by atomic mass is 10.1. The lowest BCUT2D eigenvalue weighted by Gasteiger charge is -2.07. The average Bonchev–Trinajstić information content (AvgIpc) is 2.92. The number of aliphatic imine (C=N–C) groups is 1. The Kier molecular flexibility index (Phi) is 2.67. The summed E-state index contributed by atoms with van der Waals surface area (Å²) >= 11 is 0. The molecule has 4 heteroatoms. The van der Waals surface area contributed by atoms with E-state index >= 15 is 0 Å². The molecule has 1 aliphatic rings. The Morgan fingerprint density at radius 3 is 2.14 bits per heavy atom. The Morgan fingerprint density at radius 1 is 0.952 bits per heavy atom. The Morgan fingerprint density at radius 2 is 1.57 bits per heavy atom. The second-order valence-electron chi connectivity index (χ2n) is 5.19. The van der Waals surface area contributed by atoms with E-state index in [4.69, 9.17) is 9.98 Å². The maximum absolute atomic E-state index is 4.82. The van der Waals surface area contributed by atoms with Gasteiger partial charge in [0.25, 0.3) is 0 Å². The van der Waals surface area contributed by atoms with Gasteiger partial charge in [0, 0.05) is 22.9 Å².